The number of nitroso groups, excluding NO2 is 1. The van der Waals surface area contributed by atoms with Crippen molar-refractivity contribution in [1.82, 2.24) is 9.55 Å². The van der Waals surface area contributed by atoms with Crippen molar-refractivity contribution in [3.05, 3.63) is 10.7 Å². The molecule has 0 aromatic carbocycles. The molecule has 0 spiro atoms. The molecule has 0 aliphatic carbocycles. The molecule has 0 fully saturated rings. The highest BCUT2D eigenvalue weighted by Crippen LogP contribution is 2.26. The molecule has 0 saturated heterocycles. The van der Waals surface area contributed by atoms with Gasteiger partial charge < -0.3 is 5.11 Å². The largest absolute Gasteiger partial charge is 0.492 e. The quantitative estimate of drug-likeness (QED) is 0.773. The molecule has 0 unspecified atom stereocenters. The molecule has 1 aromatic rings. The molecule has 0 saturated carbocycles. The van der Waals surface area contributed by atoms with E-state index in [2.05, 4.69) is 10.2 Å². The van der Waals surface area contributed by atoms with Gasteiger partial charge in [-0.25, -0.2) is 13.4 Å². The Morgan fingerprint density at radius 2 is 2.12 bits per heavy atom. The van der Waals surface area contributed by atoms with Crippen LogP contribution < -0.4 is 0 Å². The van der Waals surface area contributed by atoms with Crippen LogP contribution in [0.3, 0.4) is 0 Å². The Labute approximate surface area is 93.0 Å². The van der Waals surface area contributed by atoms with Crippen molar-refractivity contribution in [2.75, 3.05) is 11.5 Å². The molecule has 8 heteroatoms. The number of hydrogen-bond acceptors (Lipinski definition) is 6. The highest BCUT2D eigenvalue weighted by atomic mass is 32.2. The van der Waals surface area contributed by atoms with Crippen molar-refractivity contribution in [1.29, 1.82) is 0 Å². The maximum absolute atomic E-state index is 11.3. The average molecular weight is 247 g/mol. The van der Waals surface area contributed by atoms with Crippen LogP contribution in [0.5, 0.6) is 5.88 Å². The van der Waals surface area contributed by atoms with Crippen LogP contribution in [0.25, 0.3) is 0 Å². The highest BCUT2D eigenvalue weighted by Gasteiger charge is 2.16. The standard InChI is InChI=1S/C8H13N3O4S/c1-3-16(14,15)5-4-11-6(2)9-7(10-13)8(11)12/h12H,3-5H2,1-2H3. The van der Waals surface area contributed by atoms with E-state index in [1.165, 1.54) is 4.57 Å². The summed E-state index contributed by atoms with van der Waals surface area (Å²) in [4.78, 5) is 13.9. The molecule has 0 bridgehead atoms. The molecule has 1 aromatic heterocycles. The van der Waals surface area contributed by atoms with E-state index >= 15 is 0 Å². The molecule has 0 radical (unpaired) electrons. The van der Waals surface area contributed by atoms with Crippen LogP contribution in [0.1, 0.15) is 12.7 Å². The van der Waals surface area contributed by atoms with Crippen molar-refractivity contribution in [2.45, 2.75) is 20.4 Å². The Morgan fingerprint density at radius 3 is 2.56 bits per heavy atom. The van der Waals surface area contributed by atoms with Gasteiger partial charge in [0.1, 0.15) is 5.82 Å². The maximum Gasteiger partial charge on any atom is 0.258 e. The zero-order valence-corrected chi connectivity index (χ0v) is 9.86. The number of nitrogens with zero attached hydrogens (tertiary/aromatic N) is 3. The highest BCUT2D eigenvalue weighted by molar-refractivity contribution is 7.91. The minimum Gasteiger partial charge on any atom is -0.492 e. The van der Waals surface area contributed by atoms with Crippen molar-refractivity contribution in [3.8, 4) is 5.88 Å². The van der Waals surface area contributed by atoms with Crippen molar-refractivity contribution in [3.63, 3.8) is 0 Å². The third-order valence-corrected chi connectivity index (χ3v) is 3.95. The van der Waals surface area contributed by atoms with E-state index in [1.54, 1.807) is 13.8 Å². The van der Waals surface area contributed by atoms with E-state index in [4.69, 9.17) is 0 Å². The van der Waals surface area contributed by atoms with Crippen LogP contribution in [-0.4, -0.2) is 34.6 Å². The van der Waals surface area contributed by atoms with E-state index in [-0.39, 0.29) is 29.7 Å². The Hall–Kier alpha value is -1.44. The lowest BCUT2D eigenvalue weighted by molar-refractivity contribution is 0.420. The van der Waals surface area contributed by atoms with E-state index in [0.29, 0.717) is 5.82 Å². The fourth-order valence-electron chi connectivity index (χ4n) is 1.24. The van der Waals surface area contributed by atoms with Crippen LogP contribution in [0.15, 0.2) is 5.18 Å². The number of sulfone groups is 1. The lowest BCUT2D eigenvalue weighted by Crippen LogP contribution is -2.15. The predicted octanol–water partition coefficient (Wildman–Crippen LogP) is 0.730. The molecular weight excluding hydrogens is 234 g/mol. The van der Waals surface area contributed by atoms with Crippen LogP contribution in [0, 0.1) is 11.8 Å². The summed E-state index contributed by atoms with van der Waals surface area (Å²) >= 11 is 0. The summed E-state index contributed by atoms with van der Waals surface area (Å²) < 4.78 is 23.8. The zero-order chi connectivity index (χ0) is 12.3. The first-order valence-electron chi connectivity index (χ1n) is 4.71. The average Bonchev–Trinajstić information content (AvgIpc) is 2.51. The van der Waals surface area contributed by atoms with Gasteiger partial charge in [-0.3, -0.25) is 4.57 Å². The number of aryl methyl sites for hydroxylation is 1. The van der Waals surface area contributed by atoms with Crippen molar-refractivity contribution < 1.29 is 13.5 Å². The zero-order valence-electron chi connectivity index (χ0n) is 9.04. The summed E-state index contributed by atoms with van der Waals surface area (Å²) in [5.41, 5.74) is 0. The first kappa shape index (κ1) is 12.6. The molecule has 7 nitrogen and oxygen atoms in total. The molecule has 0 amide bonds. The fraction of sp³-hybridized carbons (Fsp3) is 0.625. The lowest BCUT2D eigenvalue weighted by atomic mass is 10.6. The second-order valence-corrected chi connectivity index (χ2v) is 5.76. The molecule has 16 heavy (non-hydrogen) atoms. The van der Waals surface area contributed by atoms with Crippen LogP contribution in [0.2, 0.25) is 0 Å². The van der Waals surface area contributed by atoms with Crippen molar-refractivity contribution >= 4 is 15.7 Å². The van der Waals surface area contributed by atoms with Gasteiger partial charge in [-0.05, 0) is 12.1 Å². The second-order valence-electron chi connectivity index (χ2n) is 3.29. The summed E-state index contributed by atoms with van der Waals surface area (Å²) in [5.74, 6) is -0.407. The molecule has 1 rings (SSSR count). The first-order chi connectivity index (χ1) is 7.41. The number of aromatic hydroxyl groups is 1. The third-order valence-electron chi connectivity index (χ3n) is 2.27. The summed E-state index contributed by atoms with van der Waals surface area (Å²) in [6, 6.07) is 0. The van der Waals surface area contributed by atoms with Gasteiger partial charge in [-0.15, -0.1) is 4.91 Å². The van der Waals surface area contributed by atoms with E-state index < -0.39 is 9.84 Å². The van der Waals surface area contributed by atoms with Gasteiger partial charge in [0.2, 0.25) is 5.88 Å². The Balaban J connectivity index is 2.90. The van der Waals surface area contributed by atoms with Crippen LogP contribution in [0.4, 0.5) is 5.82 Å². The lowest BCUT2D eigenvalue weighted by Gasteiger charge is -2.05. The van der Waals surface area contributed by atoms with Crippen LogP contribution >= 0.6 is 0 Å². The second kappa shape index (κ2) is 4.60. The third kappa shape index (κ3) is 2.57. The predicted molar refractivity (Wildman–Crippen MR) is 58.4 cm³/mol. The molecule has 90 valence electrons. The van der Waals surface area contributed by atoms with Gasteiger partial charge in [0.15, 0.2) is 9.84 Å². The molecular formula is C8H13N3O4S. The Bertz CT molecular complexity index is 492. The summed E-state index contributed by atoms with van der Waals surface area (Å²) in [5, 5.41) is 12.0. The van der Waals surface area contributed by atoms with Crippen LogP contribution in [-0.2, 0) is 16.4 Å². The minimum atomic E-state index is -3.12. The maximum atomic E-state index is 11.3. The SMILES string of the molecule is CCS(=O)(=O)CCn1c(C)nc(N=O)c1O. The number of rotatable bonds is 5. The summed E-state index contributed by atoms with van der Waals surface area (Å²) in [7, 11) is -3.12. The summed E-state index contributed by atoms with van der Waals surface area (Å²) in [6.45, 7) is 3.18. The molecule has 1 heterocycles. The monoisotopic (exact) mass is 247 g/mol. The number of aromatic nitrogens is 2. The molecule has 0 atom stereocenters. The normalized spacial score (nSPS) is 11.6. The molecule has 0 aliphatic rings. The first-order valence-corrected chi connectivity index (χ1v) is 6.53. The topological polar surface area (TPSA) is 102 Å². The fourth-order valence-corrected chi connectivity index (χ4v) is 1.99. The molecule has 0 aliphatic heterocycles. The smallest absolute Gasteiger partial charge is 0.258 e. The Morgan fingerprint density at radius 1 is 1.50 bits per heavy atom. The van der Waals surface area contributed by atoms with E-state index in [1.807, 2.05) is 0 Å². The van der Waals surface area contributed by atoms with Gasteiger partial charge in [0, 0.05) is 12.3 Å². The van der Waals surface area contributed by atoms with Gasteiger partial charge in [-0.1, -0.05) is 6.92 Å². The minimum absolute atomic E-state index is 0.0420. The summed E-state index contributed by atoms with van der Waals surface area (Å²) in [6.07, 6.45) is 0. The van der Waals surface area contributed by atoms with Gasteiger partial charge in [0.25, 0.3) is 5.82 Å². The van der Waals surface area contributed by atoms with Gasteiger partial charge in [-0.2, -0.15) is 0 Å². The van der Waals surface area contributed by atoms with Gasteiger partial charge in [0.05, 0.1) is 5.75 Å². The van der Waals surface area contributed by atoms with Gasteiger partial charge >= 0.3 is 0 Å². The van der Waals surface area contributed by atoms with E-state index in [0.717, 1.165) is 0 Å². The number of imidazole rings is 1. The van der Waals surface area contributed by atoms with E-state index in [9.17, 15) is 18.4 Å². The molecule has 1 N–H and O–H groups in total. The number of hydrogen-bond donors (Lipinski definition) is 1. The Kier molecular flexibility index (Phi) is 3.63. The van der Waals surface area contributed by atoms with Crippen molar-refractivity contribution in [2.24, 2.45) is 5.18 Å².